The second-order valence-corrected chi connectivity index (χ2v) is 10.2. The van der Waals surface area contributed by atoms with E-state index in [2.05, 4.69) is 22.9 Å². The predicted molar refractivity (Wildman–Crippen MR) is 129 cm³/mol. The molecule has 34 heavy (non-hydrogen) atoms. The third-order valence-electron chi connectivity index (χ3n) is 5.88. The van der Waals surface area contributed by atoms with Crippen molar-refractivity contribution in [1.29, 1.82) is 0 Å². The first-order valence-electron chi connectivity index (χ1n) is 11.6. The molecule has 1 unspecified atom stereocenters. The Morgan fingerprint density at radius 2 is 1.88 bits per heavy atom. The van der Waals surface area contributed by atoms with Crippen molar-refractivity contribution in [3.63, 3.8) is 0 Å². The first-order chi connectivity index (χ1) is 15.8. The van der Waals surface area contributed by atoms with Crippen LogP contribution in [-0.4, -0.2) is 41.9 Å². The molecule has 1 aliphatic rings. The molecule has 0 saturated carbocycles. The summed E-state index contributed by atoms with van der Waals surface area (Å²) in [6.45, 7) is 10.3. The van der Waals surface area contributed by atoms with Crippen LogP contribution in [0.1, 0.15) is 52.2 Å². The van der Waals surface area contributed by atoms with E-state index in [9.17, 15) is 18.7 Å². The quantitative estimate of drug-likeness (QED) is 0.466. The van der Waals surface area contributed by atoms with E-state index < -0.39 is 29.3 Å². The zero-order chi connectivity index (χ0) is 25.1. The van der Waals surface area contributed by atoms with E-state index in [0.29, 0.717) is 5.56 Å². The molecule has 2 aromatic rings. The van der Waals surface area contributed by atoms with Crippen LogP contribution in [0.15, 0.2) is 36.4 Å². The van der Waals surface area contributed by atoms with Gasteiger partial charge in [-0.25, -0.2) is 8.78 Å². The number of fused-ring (bicyclic) bond motifs is 1. The van der Waals surface area contributed by atoms with E-state index in [0.717, 1.165) is 36.0 Å². The van der Waals surface area contributed by atoms with Crippen molar-refractivity contribution in [2.45, 2.75) is 70.7 Å². The Kier molecular flexibility index (Phi) is 7.83. The van der Waals surface area contributed by atoms with Crippen LogP contribution in [0.3, 0.4) is 0 Å². The maximum absolute atomic E-state index is 13.6. The molecular weight excluding hydrogens is 440 g/mol. The van der Waals surface area contributed by atoms with E-state index in [1.54, 1.807) is 0 Å². The SMILES string of the molecule is CC(=O)N[C@@H](Cc1cc(F)cc(F)c1)[C@H](O)CNC1(C)CCNc2ccc(OC(C)(C)C)cc21. The summed E-state index contributed by atoms with van der Waals surface area (Å²) in [4.78, 5) is 11.8. The summed E-state index contributed by atoms with van der Waals surface area (Å²) in [7, 11) is 0. The highest BCUT2D eigenvalue weighted by Crippen LogP contribution is 2.38. The third-order valence-corrected chi connectivity index (χ3v) is 5.88. The van der Waals surface area contributed by atoms with Crippen LogP contribution in [0.25, 0.3) is 0 Å². The molecule has 2 aromatic carbocycles. The van der Waals surface area contributed by atoms with Crippen LogP contribution >= 0.6 is 0 Å². The topological polar surface area (TPSA) is 82.6 Å². The van der Waals surface area contributed by atoms with E-state index >= 15 is 0 Å². The number of nitrogens with one attached hydrogen (secondary N) is 3. The summed E-state index contributed by atoms with van der Waals surface area (Å²) in [6, 6.07) is 8.42. The number of carbonyl (C=O) groups is 1. The number of amides is 1. The van der Waals surface area contributed by atoms with E-state index in [-0.39, 0.29) is 24.5 Å². The van der Waals surface area contributed by atoms with E-state index in [1.165, 1.54) is 19.1 Å². The minimum atomic E-state index is -0.987. The smallest absolute Gasteiger partial charge is 0.217 e. The fourth-order valence-electron chi connectivity index (χ4n) is 4.32. The molecule has 0 bridgehead atoms. The zero-order valence-electron chi connectivity index (χ0n) is 20.5. The number of ether oxygens (including phenoxy) is 1. The second-order valence-electron chi connectivity index (χ2n) is 10.2. The van der Waals surface area contributed by atoms with Gasteiger partial charge in [-0.3, -0.25) is 4.79 Å². The molecule has 4 N–H and O–H groups in total. The summed E-state index contributed by atoms with van der Waals surface area (Å²) < 4.78 is 33.3. The number of hydrogen-bond donors (Lipinski definition) is 4. The van der Waals surface area contributed by atoms with Gasteiger partial charge in [-0.15, -0.1) is 0 Å². The lowest BCUT2D eigenvalue weighted by Gasteiger charge is -2.39. The normalized spacial score (nSPS) is 19.5. The lowest BCUT2D eigenvalue weighted by atomic mass is 9.84. The fraction of sp³-hybridized carbons (Fsp3) is 0.500. The van der Waals surface area contributed by atoms with Gasteiger partial charge >= 0.3 is 0 Å². The molecule has 0 aromatic heterocycles. The summed E-state index contributed by atoms with van der Waals surface area (Å²) in [6.07, 6.45) is -0.124. The Hall–Kier alpha value is -2.71. The molecule has 3 rings (SSSR count). The van der Waals surface area contributed by atoms with Crippen molar-refractivity contribution < 1.29 is 23.4 Å². The maximum Gasteiger partial charge on any atom is 0.217 e. The molecule has 186 valence electrons. The van der Waals surface area contributed by atoms with Gasteiger partial charge in [0.1, 0.15) is 23.0 Å². The fourth-order valence-corrected chi connectivity index (χ4v) is 4.32. The molecule has 6 nitrogen and oxygen atoms in total. The first-order valence-corrected chi connectivity index (χ1v) is 11.6. The van der Waals surface area contributed by atoms with Gasteiger partial charge in [0.05, 0.1) is 12.1 Å². The molecule has 0 radical (unpaired) electrons. The molecule has 1 aliphatic heterocycles. The van der Waals surface area contributed by atoms with E-state index in [1.807, 2.05) is 39.0 Å². The van der Waals surface area contributed by atoms with Gasteiger partial charge in [0.2, 0.25) is 5.91 Å². The van der Waals surface area contributed by atoms with Crippen molar-refractivity contribution in [1.82, 2.24) is 10.6 Å². The van der Waals surface area contributed by atoms with Crippen molar-refractivity contribution in [3.8, 4) is 5.75 Å². The molecule has 3 atom stereocenters. The van der Waals surface area contributed by atoms with Crippen LogP contribution < -0.4 is 20.7 Å². The Labute approximate surface area is 200 Å². The van der Waals surface area contributed by atoms with Crippen molar-refractivity contribution >= 4 is 11.6 Å². The van der Waals surface area contributed by atoms with Crippen LogP contribution in [-0.2, 0) is 16.8 Å². The Bertz CT molecular complexity index is 1000. The van der Waals surface area contributed by atoms with Crippen LogP contribution in [0.2, 0.25) is 0 Å². The molecule has 1 heterocycles. The number of hydrogen-bond acceptors (Lipinski definition) is 5. The van der Waals surface area contributed by atoms with Gasteiger partial charge in [0, 0.05) is 37.3 Å². The van der Waals surface area contributed by atoms with Crippen LogP contribution in [0.4, 0.5) is 14.5 Å². The number of rotatable bonds is 8. The highest BCUT2D eigenvalue weighted by atomic mass is 19.1. The van der Waals surface area contributed by atoms with Crippen LogP contribution in [0, 0.1) is 11.6 Å². The monoisotopic (exact) mass is 475 g/mol. The molecular formula is C26H35F2N3O3. The number of anilines is 1. The zero-order valence-corrected chi connectivity index (χ0v) is 20.5. The number of halogens is 2. The van der Waals surface area contributed by atoms with Crippen molar-refractivity contribution in [3.05, 3.63) is 59.2 Å². The van der Waals surface area contributed by atoms with Gasteiger partial charge in [0.25, 0.3) is 0 Å². The van der Waals surface area contributed by atoms with Gasteiger partial charge in [-0.1, -0.05) is 0 Å². The van der Waals surface area contributed by atoms with Gasteiger partial charge < -0.3 is 25.8 Å². The largest absolute Gasteiger partial charge is 0.488 e. The summed E-state index contributed by atoms with van der Waals surface area (Å²) in [5.74, 6) is -0.969. The number of carbonyl (C=O) groups excluding carboxylic acids is 1. The summed E-state index contributed by atoms with van der Waals surface area (Å²) in [5, 5.41) is 20.5. The number of benzene rings is 2. The minimum Gasteiger partial charge on any atom is -0.488 e. The average molecular weight is 476 g/mol. The Morgan fingerprint density at radius 1 is 1.21 bits per heavy atom. The van der Waals surface area contributed by atoms with E-state index in [4.69, 9.17) is 4.74 Å². The Balaban J connectivity index is 1.76. The molecule has 0 aliphatic carbocycles. The second kappa shape index (κ2) is 10.3. The van der Waals surface area contributed by atoms with Crippen molar-refractivity contribution in [2.24, 2.45) is 0 Å². The van der Waals surface area contributed by atoms with Crippen LogP contribution in [0.5, 0.6) is 5.75 Å². The lowest BCUT2D eigenvalue weighted by Crippen LogP contribution is -2.53. The third kappa shape index (κ3) is 6.90. The van der Waals surface area contributed by atoms with Gasteiger partial charge in [-0.2, -0.15) is 0 Å². The number of aliphatic hydroxyl groups excluding tert-OH is 1. The average Bonchev–Trinajstić information content (AvgIpc) is 2.70. The highest BCUT2D eigenvalue weighted by molar-refractivity contribution is 5.73. The predicted octanol–water partition coefficient (Wildman–Crippen LogP) is 3.87. The standard InChI is InChI=1S/C26H35F2N3O3/c1-16(32)31-23(12-17-10-18(27)13-19(28)11-17)24(33)15-30-26(5)8-9-29-22-7-6-20(14-21(22)26)34-25(2,3)4/h6-7,10-11,13-14,23-24,29-30,33H,8-9,12,15H2,1-5H3,(H,31,32)/t23-,24+,26?/m0/s1. The van der Waals surface area contributed by atoms with Gasteiger partial charge in [0.15, 0.2) is 0 Å². The molecule has 1 amide bonds. The molecule has 8 heteroatoms. The highest BCUT2D eigenvalue weighted by Gasteiger charge is 2.34. The van der Waals surface area contributed by atoms with Crippen molar-refractivity contribution in [2.75, 3.05) is 18.4 Å². The summed E-state index contributed by atoms with van der Waals surface area (Å²) >= 11 is 0. The lowest BCUT2D eigenvalue weighted by molar-refractivity contribution is -0.120. The summed E-state index contributed by atoms with van der Waals surface area (Å²) in [5.41, 5.74) is 1.59. The van der Waals surface area contributed by atoms with Gasteiger partial charge in [-0.05, 0) is 82.0 Å². The molecule has 0 spiro atoms. The maximum atomic E-state index is 13.6. The molecule has 0 fully saturated rings. The minimum absolute atomic E-state index is 0.0928. The first kappa shape index (κ1) is 25.9. The number of aliphatic hydroxyl groups is 1. The Morgan fingerprint density at radius 3 is 2.50 bits per heavy atom. The molecule has 0 saturated heterocycles.